The average molecular weight is 600 g/mol. The van der Waals surface area contributed by atoms with Crippen molar-refractivity contribution < 1.29 is 17.5 Å². The number of hydrogen-bond donors (Lipinski definition) is 3. The zero-order valence-electron chi connectivity index (χ0n) is 23.3. The fraction of sp³-hybridized carbons (Fsp3) is 0.333. The van der Waals surface area contributed by atoms with E-state index >= 15 is 0 Å². The molecular formula is C27H33N7O5S2. The van der Waals surface area contributed by atoms with Crippen molar-refractivity contribution in [1.29, 1.82) is 0 Å². The zero-order chi connectivity index (χ0) is 30.2. The van der Waals surface area contributed by atoms with E-state index < -0.39 is 10.4 Å². The summed E-state index contributed by atoms with van der Waals surface area (Å²) in [6.45, 7) is 4.51. The van der Waals surface area contributed by atoms with E-state index in [2.05, 4.69) is 51.8 Å². The summed E-state index contributed by atoms with van der Waals surface area (Å²) < 4.78 is 33.4. The first-order valence-corrected chi connectivity index (χ1v) is 14.6. The molecule has 0 aliphatic carbocycles. The van der Waals surface area contributed by atoms with E-state index in [-0.39, 0.29) is 5.56 Å². The zero-order valence-corrected chi connectivity index (χ0v) is 24.9. The highest BCUT2D eigenvalue weighted by atomic mass is 32.3. The highest BCUT2D eigenvalue weighted by Gasteiger charge is 2.17. The van der Waals surface area contributed by atoms with Gasteiger partial charge in [-0.25, -0.2) is 4.98 Å². The van der Waals surface area contributed by atoms with Gasteiger partial charge in [0.25, 0.3) is 5.56 Å². The number of aromatic nitrogens is 6. The van der Waals surface area contributed by atoms with Crippen LogP contribution in [-0.2, 0) is 29.8 Å². The molecule has 2 aromatic heterocycles. The highest BCUT2D eigenvalue weighted by molar-refractivity contribution is 7.80. The number of aromatic amines is 1. The monoisotopic (exact) mass is 599 g/mol. The minimum absolute atomic E-state index is 0.00988. The van der Waals surface area contributed by atoms with Crippen LogP contribution in [0.3, 0.4) is 0 Å². The second-order valence-corrected chi connectivity index (χ2v) is 10.8. The van der Waals surface area contributed by atoms with Crippen LogP contribution >= 0.6 is 12.2 Å². The van der Waals surface area contributed by atoms with Gasteiger partial charge < -0.3 is 4.90 Å². The maximum atomic E-state index is 13.6. The van der Waals surface area contributed by atoms with Crippen LogP contribution in [0, 0.1) is 6.92 Å². The molecule has 0 bridgehead atoms. The van der Waals surface area contributed by atoms with E-state index in [9.17, 15) is 4.79 Å². The van der Waals surface area contributed by atoms with Crippen LogP contribution in [-0.4, -0.2) is 71.7 Å². The molecule has 0 radical (unpaired) electrons. The lowest BCUT2D eigenvalue weighted by Crippen LogP contribution is -2.33. The Hall–Kier alpha value is -3.85. The van der Waals surface area contributed by atoms with E-state index in [1.54, 1.807) is 0 Å². The number of benzene rings is 2. The molecule has 4 rings (SSSR count). The highest BCUT2D eigenvalue weighted by Crippen LogP contribution is 2.29. The molecular weight excluding hydrogens is 566 g/mol. The fourth-order valence-electron chi connectivity index (χ4n) is 4.14. The number of hydrogen-bond acceptors (Lipinski definition) is 8. The fourth-order valence-corrected chi connectivity index (χ4v) is 4.28. The summed E-state index contributed by atoms with van der Waals surface area (Å²) in [6, 6.07) is 16.2. The predicted octanol–water partition coefficient (Wildman–Crippen LogP) is 3.57. The summed E-state index contributed by atoms with van der Waals surface area (Å²) in [6.07, 6.45) is 3.20. The third-order valence-electron chi connectivity index (χ3n) is 6.25. The molecule has 218 valence electrons. The van der Waals surface area contributed by atoms with Crippen LogP contribution in [0.1, 0.15) is 42.4 Å². The van der Waals surface area contributed by atoms with Gasteiger partial charge in [0.2, 0.25) is 5.82 Å². The second-order valence-electron chi connectivity index (χ2n) is 9.48. The van der Waals surface area contributed by atoms with Gasteiger partial charge in [0.1, 0.15) is 5.82 Å². The van der Waals surface area contributed by atoms with Gasteiger partial charge in [0.05, 0.1) is 11.5 Å². The lowest BCUT2D eigenvalue weighted by Gasteiger charge is -2.18. The minimum atomic E-state index is -4.67. The van der Waals surface area contributed by atoms with E-state index in [4.69, 9.17) is 34.7 Å². The van der Waals surface area contributed by atoms with Crippen LogP contribution < -0.4 is 5.56 Å². The summed E-state index contributed by atoms with van der Waals surface area (Å²) in [5, 5.41) is 14.5. The number of nitrogens with zero attached hydrogens (tertiary/aromatic N) is 6. The van der Waals surface area contributed by atoms with Gasteiger partial charge in [0.15, 0.2) is 0 Å². The topological polar surface area (TPSA) is 167 Å². The van der Waals surface area contributed by atoms with Crippen LogP contribution in [0.2, 0.25) is 0 Å². The third-order valence-corrected chi connectivity index (χ3v) is 6.76. The van der Waals surface area contributed by atoms with Gasteiger partial charge in [-0.05, 0) is 35.2 Å². The first-order chi connectivity index (χ1) is 19.4. The van der Waals surface area contributed by atoms with E-state index in [1.807, 2.05) is 54.8 Å². The first-order valence-electron chi connectivity index (χ1n) is 12.8. The third kappa shape index (κ3) is 9.08. The molecule has 0 atom stereocenters. The van der Waals surface area contributed by atoms with Gasteiger partial charge in [-0.1, -0.05) is 74.1 Å². The van der Waals surface area contributed by atoms with Crippen LogP contribution in [0.15, 0.2) is 53.3 Å². The first kappa shape index (κ1) is 31.7. The van der Waals surface area contributed by atoms with E-state index in [1.165, 1.54) is 0 Å². The van der Waals surface area contributed by atoms with Gasteiger partial charge in [-0.2, -0.15) is 13.6 Å². The van der Waals surface area contributed by atoms with Crippen LogP contribution in [0.25, 0.3) is 22.5 Å². The summed E-state index contributed by atoms with van der Waals surface area (Å²) in [4.78, 5) is 21.1. The number of rotatable bonds is 9. The van der Waals surface area contributed by atoms with E-state index in [0.717, 1.165) is 58.0 Å². The Bertz CT molecular complexity index is 1630. The van der Waals surface area contributed by atoms with Crippen molar-refractivity contribution in [2.45, 2.75) is 46.1 Å². The Balaban J connectivity index is 0.000000850. The molecule has 3 N–H and O–H groups in total. The molecule has 12 nitrogen and oxygen atoms in total. The molecule has 0 aliphatic heterocycles. The Morgan fingerprint density at radius 1 is 1.07 bits per heavy atom. The smallest absolute Gasteiger partial charge is 0.372 e. The van der Waals surface area contributed by atoms with Crippen molar-refractivity contribution in [1.82, 2.24) is 35.1 Å². The minimum Gasteiger partial charge on any atom is -0.372 e. The molecule has 0 fully saturated rings. The number of likely N-dealkylation sites (N-methyl/N-ethyl adjacent to an activating group) is 1. The van der Waals surface area contributed by atoms with Crippen molar-refractivity contribution in [3.63, 3.8) is 0 Å². The summed E-state index contributed by atoms with van der Waals surface area (Å²) in [7, 11) is -0.866. The second kappa shape index (κ2) is 14.2. The Morgan fingerprint density at radius 3 is 2.27 bits per heavy atom. The molecule has 4 aromatic rings. The molecule has 0 spiro atoms. The van der Waals surface area contributed by atoms with Crippen molar-refractivity contribution in [2.75, 3.05) is 14.1 Å². The van der Waals surface area contributed by atoms with Crippen molar-refractivity contribution in [2.24, 2.45) is 0 Å². The van der Waals surface area contributed by atoms with Crippen LogP contribution in [0.4, 0.5) is 0 Å². The quantitative estimate of drug-likeness (QED) is 0.190. The molecule has 2 aromatic carbocycles. The molecule has 0 amide bonds. The molecule has 41 heavy (non-hydrogen) atoms. The number of thiocarbonyl (C=S) groups is 1. The molecule has 2 heterocycles. The lowest BCUT2D eigenvalue weighted by molar-refractivity contribution is 0.381. The predicted molar refractivity (Wildman–Crippen MR) is 160 cm³/mol. The van der Waals surface area contributed by atoms with Crippen molar-refractivity contribution in [3.05, 3.63) is 81.5 Å². The van der Waals surface area contributed by atoms with E-state index in [0.29, 0.717) is 24.4 Å². The van der Waals surface area contributed by atoms with Gasteiger partial charge in [-0.15, -0.1) is 10.2 Å². The van der Waals surface area contributed by atoms with Gasteiger partial charge >= 0.3 is 10.4 Å². The van der Waals surface area contributed by atoms with Crippen molar-refractivity contribution >= 4 is 27.6 Å². The number of H-pyrrole nitrogens is 1. The standard InChI is InChI=1S/C27H31N7OS.H2O4S/c1-5-6-11-24-28-18(2)23(16-25(36)33(3)4)27(35)34(24)17-19-12-14-20(15-13-19)21-9-7-8-10-22(21)26-29-31-32-30-26;1-5(2,3)4/h7-10,12-15H,5-6,11,16-17H2,1-4H3,(H,29,30,31,32);(H2,1,2,3,4). The number of nitrogens with one attached hydrogen (secondary N) is 1. The molecule has 0 aliphatic rings. The maximum absolute atomic E-state index is 13.6. The maximum Gasteiger partial charge on any atom is 0.394 e. The summed E-state index contributed by atoms with van der Waals surface area (Å²) in [5.74, 6) is 1.38. The molecule has 0 saturated heterocycles. The molecule has 14 heteroatoms. The summed E-state index contributed by atoms with van der Waals surface area (Å²) in [5.41, 5.74) is 5.41. The Morgan fingerprint density at radius 2 is 1.71 bits per heavy atom. The number of unbranched alkanes of at least 4 members (excludes halogenated alkanes) is 1. The van der Waals surface area contributed by atoms with Crippen molar-refractivity contribution in [3.8, 4) is 22.5 Å². The summed E-state index contributed by atoms with van der Waals surface area (Å²) >= 11 is 5.49. The van der Waals surface area contributed by atoms with Crippen LogP contribution in [0.5, 0.6) is 0 Å². The molecule has 0 unspecified atom stereocenters. The number of aryl methyl sites for hydroxylation is 2. The molecule has 0 saturated carbocycles. The largest absolute Gasteiger partial charge is 0.394 e. The average Bonchev–Trinajstić information content (AvgIpc) is 3.46. The number of tetrazole rings is 1. The lowest BCUT2D eigenvalue weighted by atomic mass is 9.98. The Labute approximate surface area is 244 Å². The SMILES string of the molecule is CCCCc1nc(C)c(CC(=S)N(C)C)c(=O)n1Cc1ccc(-c2ccccc2-c2nn[nH]n2)cc1.O=S(=O)(O)O. The van der Waals surface area contributed by atoms with Gasteiger partial charge in [0, 0.05) is 43.8 Å². The normalized spacial score (nSPS) is 11.1. The van der Waals surface area contributed by atoms with Gasteiger partial charge in [-0.3, -0.25) is 18.5 Å². The Kier molecular flexibility index (Phi) is 10.9.